The lowest BCUT2D eigenvalue weighted by molar-refractivity contribution is 0.0644. The first-order valence-electron chi connectivity index (χ1n) is 11.2. The Morgan fingerprint density at radius 2 is 1.93 bits per heavy atom. The third-order valence-corrected chi connectivity index (χ3v) is 5.94. The van der Waals surface area contributed by atoms with Crippen molar-refractivity contribution in [2.75, 3.05) is 19.6 Å². The molecule has 2 aliphatic rings. The molecule has 3 heterocycles. The van der Waals surface area contributed by atoms with Crippen molar-refractivity contribution in [3.63, 3.8) is 0 Å². The van der Waals surface area contributed by atoms with Crippen LogP contribution in [-0.4, -0.2) is 46.6 Å². The van der Waals surface area contributed by atoms with E-state index in [9.17, 15) is 4.79 Å². The molecule has 1 N–H and O–H groups in total. The van der Waals surface area contributed by atoms with Crippen LogP contribution in [0.2, 0.25) is 0 Å². The number of halogens is 1. The fourth-order valence-electron chi connectivity index (χ4n) is 4.37. The highest BCUT2D eigenvalue weighted by molar-refractivity contribution is 6.06. The Balaban J connectivity index is 0.00000256. The second-order valence-electron chi connectivity index (χ2n) is 9.90. The van der Waals surface area contributed by atoms with Crippen LogP contribution in [0.25, 0.3) is 11.1 Å². The molecule has 7 heteroatoms. The summed E-state index contributed by atoms with van der Waals surface area (Å²) in [6.45, 7) is 11.4. The van der Waals surface area contributed by atoms with E-state index in [0.717, 1.165) is 80.5 Å². The van der Waals surface area contributed by atoms with E-state index in [1.165, 1.54) is 0 Å². The van der Waals surface area contributed by atoms with Gasteiger partial charge in [0.1, 0.15) is 0 Å². The Hall–Kier alpha value is -1.66. The van der Waals surface area contributed by atoms with Crippen LogP contribution in [-0.2, 0) is 6.42 Å². The smallest absolute Gasteiger partial charge is 0.259 e. The highest BCUT2D eigenvalue weighted by Gasteiger charge is 2.33. The predicted octanol–water partition coefficient (Wildman–Crippen LogP) is 4.71. The molecule has 0 spiro atoms. The van der Waals surface area contributed by atoms with Crippen molar-refractivity contribution < 1.29 is 9.32 Å². The van der Waals surface area contributed by atoms with Gasteiger partial charge in [-0.2, -0.15) is 0 Å². The first-order valence-corrected chi connectivity index (χ1v) is 11.2. The topological polar surface area (TPSA) is 71.3 Å². The SMILES string of the molecule is CCCN(C(=O)c1cc(C2CC2)nc2onc(CC(C)(C)C)c12)C1CCNCC1.Cl. The zero-order valence-corrected chi connectivity index (χ0v) is 19.5. The van der Waals surface area contributed by atoms with Gasteiger partial charge in [-0.05, 0) is 63.1 Å². The molecule has 1 saturated heterocycles. The number of nitrogens with zero attached hydrogens (tertiary/aromatic N) is 3. The van der Waals surface area contributed by atoms with Gasteiger partial charge in [-0.25, -0.2) is 4.98 Å². The van der Waals surface area contributed by atoms with Crippen molar-refractivity contribution in [3.05, 3.63) is 23.0 Å². The van der Waals surface area contributed by atoms with Crippen LogP contribution in [0.15, 0.2) is 10.6 Å². The van der Waals surface area contributed by atoms with Crippen LogP contribution >= 0.6 is 12.4 Å². The molecule has 0 atom stereocenters. The van der Waals surface area contributed by atoms with E-state index < -0.39 is 0 Å². The molecule has 1 aliphatic carbocycles. The summed E-state index contributed by atoms with van der Waals surface area (Å²) in [5.41, 5.74) is 3.16. The zero-order valence-electron chi connectivity index (χ0n) is 18.7. The van der Waals surface area contributed by atoms with E-state index in [1.54, 1.807) is 0 Å². The highest BCUT2D eigenvalue weighted by Crippen LogP contribution is 2.41. The van der Waals surface area contributed by atoms with Crippen molar-refractivity contribution in [1.82, 2.24) is 20.4 Å². The second kappa shape index (κ2) is 9.23. The van der Waals surface area contributed by atoms with Crippen LogP contribution in [0.4, 0.5) is 0 Å². The fraction of sp³-hybridized carbons (Fsp3) is 0.696. The van der Waals surface area contributed by atoms with Gasteiger partial charge in [0.15, 0.2) is 0 Å². The molecule has 0 radical (unpaired) electrons. The number of fused-ring (bicyclic) bond motifs is 1. The van der Waals surface area contributed by atoms with Crippen molar-refractivity contribution in [2.24, 2.45) is 5.41 Å². The molecule has 2 aromatic heterocycles. The van der Waals surface area contributed by atoms with Crippen LogP contribution in [0, 0.1) is 5.41 Å². The van der Waals surface area contributed by atoms with Gasteiger partial charge in [-0.1, -0.05) is 32.9 Å². The van der Waals surface area contributed by atoms with Crippen molar-refractivity contribution in [1.29, 1.82) is 0 Å². The molecule has 4 rings (SSSR count). The number of hydrogen-bond donors (Lipinski definition) is 1. The molecule has 0 unspecified atom stereocenters. The minimum absolute atomic E-state index is 0. The van der Waals surface area contributed by atoms with Crippen molar-refractivity contribution in [3.8, 4) is 0 Å². The maximum Gasteiger partial charge on any atom is 0.259 e. The number of rotatable bonds is 6. The van der Waals surface area contributed by atoms with Crippen LogP contribution < -0.4 is 5.32 Å². The molecule has 30 heavy (non-hydrogen) atoms. The second-order valence-corrected chi connectivity index (χ2v) is 9.90. The Morgan fingerprint density at radius 1 is 1.23 bits per heavy atom. The number of piperidine rings is 1. The largest absolute Gasteiger partial charge is 0.336 e. The number of amides is 1. The quantitative estimate of drug-likeness (QED) is 0.712. The van der Waals surface area contributed by atoms with Gasteiger partial charge in [0, 0.05) is 24.2 Å². The van der Waals surface area contributed by atoms with E-state index in [1.807, 2.05) is 6.07 Å². The third kappa shape index (κ3) is 4.97. The normalized spacial score (nSPS) is 17.7. The number of carbonyl (C=O) groups excluding carboxylic acids is 1. The molecule has 2 aromatic rings. The van der Waals surface area contributed by atoms with Gasteiger partial charge >= 0.3 is 0 Å². The first-order chi connectivity index (χ1) is 13.9. The molecule has 1 saturated carbocycles. The number of carbonyl (C=O) groups is 1. The Morgan fingerprint density at radius 3 is 2.53 bits per heavy atom. The summed E-state index contributed by atoms with van der Waals surface area (Å²) in [4.78, 5) is 20.7. The van der Waals surface area contributed by atoms with E-state index in [0.29, 0.717) is 17.7 Å². The Kier molecular flexibility index (Phi) is 7.08. The average molecular weight is 435 g/mol. The molecule has 1 aliphatic heterocycles. The molecule has 1 amide bonds. The number of nitrogens with one attached hydrogen (secondary N) is 1. The van der Waals surface area contributed by atoms with Crippen LogP contribution in [0.5, 0.6) is 0 Å². The van der Waals surface area contributed by atoms with Gasteiger partial charge in [0.2, 0.25) is 0 Å². The molecular weight excluding hydrogens is 400 g/mol. The van der Waals surface area contributed by atoms with Crippen LogP contribution in [0.3, 0.4) is 0 Å². The first kappa shape index (κ1) is 23.0. The van der Waals surface area contributed by atoms with Gasteiger partial charge in [0.05, 0.1) is 16.6 Å². The van der Waals surface area contributed by atoms with Crippen molar-refractivity contribution in [2.45, 2.75) is 78.2 Å². The number of hydrogen-bond acceptors (Lipinski definition) is 5. The van der Waals surface area contributed by atoms with E-state index in [4.69, 9.17) is 9.51 Å². The third-order valence-electron chi connectivity index (χ3n) is 5.94. The minimum Gasteiger partial charge on any atom is -0.336 e. The summed E-state index contributed by atoms with van der Waals surface area (Å²) >= 11 is 0. The molecular formula is C23H35ClN4O2. The summed E-state index contributed by atoms with van der Waals surface area (Å²) in [7, 11) is 0. The Labute approximate surface area is 185 Å². The molecule has 166 valence electrons. The van der Waals surface area contributed by atoms with Gasteiger partial charge in [-0.15, -0.1) is 12.4 Å². The maximum atomic E-state index is 13.9. The lowest BCUT2D eigenvalue weighted by Crippen LogP contribution is -2.46. The summed E-state index contributed by atoms with van der Waals surface area (Å²) in [6.07, 6.45) is 6.01. The molecule has 6 nitrogen and oxygen atoms in total. The van der Waals surface area contributed by atoms with Crippen molar-refractivity contribution >= 4 is 29.4 Å². The maximum absolute atomic E-state index is 13.9. The lowest BCUT2D eigenvalue weighted by Gasteiger charge is -2.35. The minimum atomic E-state index is 0. The fourth-order valence-corrected chi connectivity index (χ4v) is 4.37. The summed E-state index contributed by atoms with van der Waals surface area (Å²) in [5, 5.41) is 8.58. The summed E-state index contributed by atoms with van der Waals surface area (Å²) < 4.78 is 5.65. The number of pyridine rings is 1. The predicted molar refractivity (Wildman–Crippen MR) is 121 cm³/mol. The van der Waals surface area contributed by atoms with Gasteiger partial charge in [-0.3, -0.25) is 4.79 Å². The standard InChI is InChI=1S/C23H34N4O2.ClH/c1-5-12-27(16-8-10-24-11-9-16)22(28)17-13-18(15-6-7-15)25-21-20(17)19(26-29-21)14-23(2,3)4;/h13,15-16,24H,5-12,14H2,1-4H3;1H. The average Bonchev–Trinajstić information content (AvgIpc) is 3.47. The Bertz CT molecular complexity index is 879. The van der Waals surface area contributed by atoms with E-state index in [2.05, 4.69) is 43.1 Å². The lowest BCUT2D eigenvalue weighted by atomic mass is 9.89. The highest BCUT2D eigenvalue weighted by atomic mass is 35.5. The van der Waals surface area contributed by atoms with Gasteiger partial charge < -0.3 is 14.7 Å². The monoisotopic (exact) mass is 434 g/mol. The van der Waals surface area contributed by atoms with Crippen LogP contribution in [0.1, 0.15) is 87.5 Å². The zero-order chi connectivity index (χ0) is 20.6. The molecule has 2 fully saturated rings. The van der Waals surface area contributed by atoms with E-state index in [-0.39, 0.29) is 23.7 Å². The summed E-state index contributed by atoms with van der Waals surface area (Å²) in [5.74, 6) is 0.576. The summed E-state index contributed by atoms with van der Waals surface area (Å²) in [6, 6.07) is 2.33. The number of aromatic nitrogens is 2. The van der Waals surface area contributed by atoms with Gasteiger partial charge in [0.25, 0.3) is 11.6 Å². The molecule has 0 aromatic carbocycles. The molecule has 0 bridgehead atoms. The van der Waals surface area contributed by atoms with E-state index >= 15 is 0 Å².